The third-order valence-corrected chi connectivity index (χ3v) is 20.4. The first-order valence-electron chi connectivity index (χ1n) is 27.6. The fourth-order valence-corrected chi connectivity index (χ4v) is 15.8. The van der Waals surface area contributed by atoms with Crippen LogP contribution in [-0.4, -0.2) is 241 Å². The van der Waals surface area contributed by atoms with Gasteiger partial charge in [0.25, 0.3) is 0 Å². The summed E-state index contributed by atoms with van der Waals surface area (Å²) in [5.74, 6) is 1.34. The van der Waals surface area contributed by atoms with Gasteiger partial charge in [-0.3, -0.25) is 0 Å². The van der Waals surface area contributed by atoms with E-state index >= 15 is 0 Å². The van der Waals surface area contributed by atoms with Crippen molar-refractivity contribution >= 4 is 0 Å². The Morgan fingerprint density at radius 2 is 1.16 bits per heavy atom. The highest BCUT2D eigenvalue weighted by Gasteiger charge is 2.69. The highest BCUT2D eigenvalue weighted by molar-refractivity contribution is 5.15. The standard InChI is InChI=1S/C52H88O23/c1-21(19-67-46-42(63)39(60)35(56)30(17-53)71-46)9-14-52(66-6)22(2)33-29(75-52)16-28-26-8-7-24-15-25(10-12-50(24,4)27(26)11-13-51(28,33)5)70-49-45(74-48-44(65)38(59)34(55)23(3)69-48)41(62)37(58)32(73-49)20-68-47-43(64)40(61)36(57)31(18-54)72-47/h21-49,53-65H,7-20H2,1-6H3/t21-,22+,23+,24-,25+,26-,27+,28+,29?,30-,31-,32-,33+,34+,35-,36-,37-,38-,39+,40+,41+,42-,43-,44-,45-,46-,47-,48+,49-,50+,51+,52-/m1/s1. The number of methoxy groups -OCH3 is 1. The van der Waals surface area contributed by atoms with Crippen molar-refractivity contribution < 1.29 is 114 Å². The topological polar surface area (TPSA) is 355 Å². The third kappa shape index (κ3) is 10.7. The molecule has 4 saturated carbocycles. The van der Waals surface area contributed by atoms with Gasteiger partial charge in [-0.05, 0) is 111 Å². The second kappa shape index (κ2) is 23.1. The lowest BCUT2D eigenvalue weighted by molar-refractivity contribution is -0.376. The van der Waals surface area contributed by atoms with Crippen molar-refractivity contribution in [2.75, 3.05) is 33.5 Å². The molecule has 0 radical (unpaired) electrons. The Morgan fingerprint density at radius 1 is 0.573 bits per heavy atom. The molecule has 9 aliphatic rings. The summed E-state index contributed by atoms with van der Waals surface area (Å²) in [5, 5.41) is 136. The number of rotatable bonds is 16. The van der Waals surface area contributed by atoms with E-state index in [1.165, 1.54) is 6.92 Å². The molecule has 1 unspecified atom stereocenters. The minimum absolute atomic E-state index is 0.00450. The Morgan fingerprint density at radius 3 is 1.80 bits per heavy atom. The van der Waals surface area contributed by atoms with Gasteiger partial charge in [-0.15, -0.1) is 0 Å². The molecular weight excluding hydrogens is 993 g/mol. The van der Waals surface area contributed by atoms with Gasteiger partial charge in [-0.2, -0.15) is 0 Å². The minimum Gasteiger partial charge on any atom is -0.394 e. The van der Waals surface area contributed by atoms with E-state index in [1.807, 2.05) is 6.92 Å². The Kier molecular flexibility index (Phi) is 18.1. The van der Waals surface area contributed by atoms with Gasteiger partial charge in [0.2, 0.25) is 0 Å². The van der Waals surface area contributed by atoms with Crippen molar-refractivity contribution in [3.8, 4) is 0 Å². The molecule has 0 spiro atoms. The summed E-state index contributed by atoms with van der Waals surface area (Å²) in [5.41, 5.74) is 0.0442. The van der Waals surface area contributed by atoms with Gasteiger partial charge in [0.1, 0.15) is 91.6 Å². The maximum atomic E-state index is 11.7. The van der Waals surface area contributed by atoms with Gasteiger partial charge in [-0.25, -0.2) is 0 Å². The van der Waals surface area contributed by atoms with Crippen LogP contribution in [0.5, 0.6) is 0 Å². The van der Waals surface area contributed by atoms with Crippen molar-refractivity contribution in [2.45, 2.75) is 240 Å². The normalized spacial score (nSPS) is 55.4. The van der Waals surface area contributed by atoms with Crippen molar-refractivity contribution in [2.24, 2.45) is 52.3 Å². The van der Waals surface area contributed by atoms with Crippen LogP contribution in [0.1, 0.15) is 98.8 Å². The number of aliphatic hydroxyl groups is 13. The zero-order valence-corrected chi connectivity index (χ0v) is 44.0. The molecule has 23 nitrogen and oxygen atoms in total. The van der Waals surface area contributed by atoms with E-state index in [9.17, 15) is 66.4 Å². The van der Waals surface area contributed by atoms with Crippen molar-refractivity contribution in [1.82, 2.24) is 0 Å². The van der Waals surface area contributed by atoms with Gasteiger partial charge in [0, 0.05) is 19.4 Å². The first kappa shape index (κ1) is 58.7. The lowest BCUT2D eigenvalue weighted by atomic mass is 9.44. The zero-order chi connectivity index (χ0) is 54.2. The average molecular weight is 1080 g/mol. The lowest BCUT2D eigenvalue weighted by Gasteiger charge is -2.61. The molecule has 0 aromatic rings. The van der Waals surface area contributed by atoms with Crippen LogP contribution < -0.4 is 0 Å². The Bertz CT molecular complexity index is 1870. The van der Waals surface area contributed by atoms with Crippen molar-refractivity contribution in [1.29, 1.82) is 0 Å². The number of fused-ring (bicyclic) bond motifs is 7. The fourth-order valence-electron chi connectivity index (χ4n) is 15.8. The minimum atomic E-state index is -1.73. The molecule has 9 fully saturated rings. The molecule has 75 heavy (non-hydrogen) atoms. The van der Waals surface area contributed by atoms with E-state index in [-0.39, 0.29) is 47.4 Å². The molecule has 0 bridgehead atoms. The van der Waals surface area contributed by atoms with E-state index in [4.69, 9.17) is 47.4 Å². The molecule has 434 valence electrons. The summed E-state index contributed by atoms with van der Waals surface area (Å²) in [4.78, 5) is 0. The molecule has 5 saturated heterocycles. The molecule has 0 aromatic heterocycles. The maximum absolute atomic E-state index is 11.7. The monoisotopic (exact) mass is 1080 g/mol. The summed E-state index contributed by atoms with van der Waals surface area (Å²) in [6, 6.07) is 0. The predicted octanol–water partition coefficient (Wildman–Crippen LogP) is -2.27. The van der Waals surface area contributed by atoms with Crippen molar-refractivity contribution in [3.63, 3.8) is 0 Å². The van der Waals surface area contributed by atoms with E-state index in [0.717, 1.165) is 38.5 Å². The SMILES string of the molecule is CO[C@]1(CC[C@@H](C)CO[C@@H]2O[C@H](CO)[C@@H](O)[C@H](O)[C@H]2O)OC2C[C@H]3[C@@H]4CC[C@@H]5C[C@@H](O[C@@H]6O[C@H](CO[C@@H]7O[C@H](CO)[C@@H](O)[C@H](O)[C@H]7O)[C@@H](O)[C@H](O)[C@H]6O[C@@H]6O[C@@H](C)[C@H](O)[C@@H](O)[C@H]6O)CC[C@]5(C)[C@H]4CC[C@]3(C)[C@H]2[C@@H]1C. The predicted molar refractivity (Wildman–Crippen MR) is 255 cm³/mol. The zero-order valence-electron chi connectivity index (χ0n) is 44.0. The Hall–Kier alpha value is -0.920. The quantitative estimate of drug-likeness (QED) is 0.0725. The summed E-state index contributed by atoms with van der Waals surface area (Å²) in [6.07, 6.45) is -21.2. The van der Waals surface area contributed by atoms with Gasteiger partial charge in [0.05, 0.1) is 44.7 Å². The Balaban J connectivity index is 0.833. The summed E-state index contributed by atoms with van der Waals surface area (Å²) < 4.78 is 61.0. The summed E-state index contributed by atoms with van der Waals surface area (Å²) in [6.45, 7) is 9.17. The molecule has 13 N–H and O–H groups in total. The van der Waals surface area contributed by atoms with Crippen LogP contribution in [0.25, 0.3) is 0 Å². The molecule has 4 aliphatic carbocycles. The summed E-state index contributed by atoms with van der Waals surface area (Å²) in [7, 11) is 1.72. The number of aliphatic hydroxyl groups excluding tert-OH is 13. The highest BCUT2D eigenvalue weighted by atomic mass is 16.8. The Labute approximate surface area is 438 Å². The van der Waals surface area contributed by atoms with Crippen LogP contribution in [0.4, 0.5) is 0 Å². The van der Waals surface area contributed by atoms with Gasteiger partial charge in [0.15, 0.2) is 30.9 Å². The molecular formula is C52H88O23. The fraction of sp³-hybridized carbons (Fsp3) is 1.00. The van der Waals surface area contributed by atoms with E-state index in [0.29, 0.717) is 49.4 Å². The molecule has 0 aromatic carbocycles. The first-order valence-corrected chi connectivity index (χ1v) is 27.6. The molecule has 9 rings (SSSR count). The van der Waals surface area contributed by atoms with Crippen LogP contribution >= 0.6 is 0 Å². The largest absolute Gasteiger partial charge is 0.394 e. The van der Waals surface area contributed by atoms with E-state index in [2.05, 4.69) is 20.8 Å². The molecule has 5 heterocycles. The van der Waals surface area contributed by atoms with Crippen LogP contribution in [0.15, 0.2) is 0 Å². The molecule has 23 heteroatoms. The number of ether oxygens (including phenoxy) is 10. The van der Waals surface area contributed by atoms with E-state index < -0.39 is 148 Å². The van der Waals surface area contributed by atoms with Crippen LogP contribution in [0.3, 0.4) is 0 Å². The van der Waals surface area contributed by atoms with Crippen LogP contribution in [-0.2, 0) is 47.4 Å². The summed E-state index contributed by atoms with van der Waals surface area (Å²) >= 11 is 0. The average Bonchev–Trinajstić information content (AvgIpc) is 3.91. The lowest BCUT2D eigenvalue weighted by Crippen LogP contribution is -2.65. The number of hydrogen-bond donors (Lipinski definition) is 13. The molecule has 0 amide bonds. The van der Waals surface area contributed by atoms with Gasteiger partial charge >= 0.3 is 0 Å². The van der Waals surface area contributed by atoms with Gasteiger partial charge in [-0.1, -0.05) is 27.7 Å². The smallest absolute Gasteiger partial charge is 0.187 e. The second-order valence-electron chi connectivity index (χ2n) is 24.5. The molecule has 5 aliphatic heterocycles. The number of hydrogen-bond acceptors (Lipinski definition) is 23. The van der Waals surface area contributed by atoms with Gasteiger partial charge < -0.3 is 114 Å². The first-order chi connectivity index (χ1) is 35.5. The van der Waals surface area contributed by atoms with Crippen molar-refractivity contribution in [3.05, 3.63) is 0 Å². The second-order valence-corrected chi connectivity index (χ2v) is 24.5. The third-order valence-electron chi connectivity index (χ3n) is 20.4. The maximum Gasteiger partial charge on any atom is 0.187 e. The highest BCUT2D eigenvalue weighted by Crippen LogP contribution is 2.71. The van der Waals surface area contributed by atoms with E-state index in [1.54, 1.807) is 7.11 Å². The molecule has 32 atom stereocenters. The van der Waals surface area contributed by atoms with Crippen LogP contribution in [0, 0.1) is 52.3 Å². The van der Waals surface area contributed by atoms with Crippen LogP contribution in [0.2, 0.25) is 0 Å².